The van der Waals surface area contributed by atoms with Crippen LogP contribution in [0.4, 0.5) is 5.95 Å². The highest BCUT2D eigenvalue weighted by atomic mass is 16.2. The fourth-order valence-corrected chi connectivity index (χ4v) is 2.76. The average molecular weight is 272 g/mol. The van der Waals surface area contributed by atoms with E-state index < -0.39 is 0 Å². The van der Waals surface area contributed by atoms with Gasteiger partial charge >= 0.3 is 0 Å². The first-order valence-corrected chi connectivity index (χ1v) is 7.20. The van der Waals surface area contributed by atoms with Gasteiger partial charge in [0.05, 0.1) is 17.1 Å². The summed E-state index contributed by atoms with van der Waals surface area (Å²) in [6.07, 6.45) is 1.96. The van der Waals surface area contributed by atoms with Crippen molar-refractivity contribution in [3.8, 4) is 0 Å². The second-order valence-electron chi connectivity index (χ2n) is 5.31. The minimum Gasteiger partial charge on any atom is -0.310 e. The van der Waals surface area contributed by atoms with Crippen LogP contribution in [0.25, 0.3) is 11.0 Å². The zero-order chi connectivity index (χ0) is 14.1. The van der Waals surface area contributed by atoms with Gasteiger partial charge < -0.3 is 9.88 Å². The standard InChI is InChI=1S/C15H20N4O/c1-3-19-13-7-6-10(2)9-12(13)17-15(19)18-14(20)11-5-4-8-16-11/h6-7,9,11,16H,3-5,8H2,1-2H3,(H,17,18,20)/t11-/m1/s1. The Kier molecular flexibility index (Phi) is 3.44. The summed E-state index contributed by atoms with van der Waals surface area (Å²) < 4.78 is 2.04. The van der Waals surface area contributed by atoms with E-state index in [-0.39, 0.29) is 11.9 Å². The van der Waals surface area contributed by atoms with Gasteiger partial charge in [-0.2, -0.15) is 0 Å². The predicted molar refractivity (Wildman–Crippen MR) is 79.8 cm³/mol. The first kappa shape index (κ1) is 13.1. The van der Waals surface area contributed by atoms with E-state index in [9.17, 15) is 4.79 Å². The zero-order valence-electron chi connectivity index (χ0n) is 11.9. The molecule has 1 fully saturated rings. The minimum absolute atomic E-state index is 0.0178. The fourth-order valence-electron chi connectivity index (χ4n) is 2.76. The normalized spacial score (nSPS) is 18.6. The topological polar surface area (TPSA) is 59.0 Å². The maximum absolute atomic E-state index is 12.2. The maximum atomic E-state index is 12.2. The number of carbonyl (C=O) groups is 1. The molecule has 0 saturated carbocycles. The van der Waals surface area contributed by atoms with Crippen molar-refractivity contribution >= 4 is 22.9 Å². The number of rotatable bonds is 3. The summed E-state index contributed by atoms with van der Waals surface area (Å²) in [6, 6.07) is 6.09. The summed E-state index contributed by atoms with van der Waals surface area (Å²) in [6.45, 7) is 5.81. The van der Waals surface area contributed by atoms with Crippen molar-refractivity contribution in [1.82, 2.24) is 14.9 Å². The van der Waals surface area contributed by atoms with Crippen molar-refractivity contribution in [2.75, 3.05) is 11.9 Å². The Bertz CT molecular complexity index is 641. The van der Waals surface area contributed by atoms with Crippen molar-refractivity contribution in [3.63, 3.8) is 0 Å². The van der Waals surface area contributed by atoms with Crippen LogP contribution in [-0.4, -0.2) is 28.0 Å². The Morgan fingerprint density at radius 3 is 3.10 bits per heavy atom. The Morgan fingerprint density at radius 1 is 1.55 bits per heavy atom. The van der Waals surface area contributed by atoms with Crippen molar-refractivity contribution in [1.29, 1.82) is 0 Å². The molecule has 0 spiro atoms. The van der Waals surface area contributed by atoms with Gasteiger partial charge in [-0.05, 0) is 50.9 Å². The van der Waals surface area contributed by atoms with Crippen molar-refractivity contribution in [2.24, 2.45) is 0 Å². The average Bonchev–Trinajstić information content (AvgIpc) is 3.04. The number of nitrogens with zero attached hydrogens (tertiary/aromatic N) is 2. The summed E-state index contributed by atoms with van der Waals surface area (Å²) in [5.41, 5.74) is 3.17. The molecule has 2 aromatic rings. The lowest BCUT2D eigenvalue weighted by atomic mass is 10.2. The summed E-state index contributed by atoms with van der Waals surface area (Å²) in [4.78, 5) is 16.8. The van der Waals surface area contributed by atoms with E-state index >= 15 is 0 Å². The third kappa shape index (κ3) is 2.29. The fraction of sp³-hybridized carbons (Fsp3) is 0.467. The predicted octanol–water partition coefficient (Wildman–Crippen LogP) is 2.06. The van der Waals surface area contributed by atoms with Crippen LogP contribution in [0.15, 0.2) is 18.2 Å². The van der Waals surface area contributed by atoms with E-state index in [2.05, 4.69) is 34.7 Å². The lowest BCUT2D eigenvalue weighted by molar-refractivity contribution is -0.117. The zero-order valence-corrected chi connectivity index (χ0v) is 11.9. The highest BCUT2D eigenvalue weighted by molar-refractivity contribution is 5.95. The molecule has 3 rings (SSSR count). The summed E-state index contributed by atoms with van der Waals surface area (Å²) in [7, 11) is 0. The Balaban J connectivity index is 1.92. The molecular formula is C15H20N4O. The van der Waals surface area contributed by atoms with E-state index in [0.717, 1.165) is 37.0 Å². The van der Waals surface area contributed by atoms with Crippen LogP contribution in [0.5, 0.6) is 0 Å². The number of hydrogen-bond donors (Lipinski definition) is 2. The molecule has 2 N–H and O–H groups in total. The lowest BCUT2D eigenvalue weighted by Gasteiger charge is -2.11. The van der Waals surface area contributed by atoms with Crippen LogP contribution in [0.3, 0.4) is 0 Å². The van der Waals surface area contributed by atoms with E-state index in [1.165, 1.54) is 5.56 Å². The SMILES string of the molecule is CCn1c(NC(=O)[C@H]2CCCN2)nc2cc(C)ccc21. The largest absolute Gasteiger partial charge is 0.310 e. The second-order valence-corrected chi connectivity index (χ2v) is 5.31. The number of nitrogens with one attached hydrogen (secondary N) is 2. The number of benzene rings is 1. The molecular weight excluding hydrogens is 252 g/mol. The number of aromatic nitrogens is 2. The molecule has 1 aromatic carbocycles. The molecule has 5 nitrogen and oxygen atoms in total. The number of fused-ring (bicyclic) bond motifs is 1. The molecule has 20 heavy (non-hydrogen) atoms. The molecule has 0 bridgehead atoms. The van der Waals surface area contributed by atoms with Gasteiger partial charge in [0.15, 0.2) is 0 Å². The van der Waals surface area contributed by atoms with Crippen LogP contribution < -0.4 is 10.6 Å². The quantitative estimate of drug-likeness (QED) is 0.899. The van der Waals surface area contributed by atoms with E-state index in [4.69, 9.17) is 0 Å². The van der Waals surface area contributed by atoms with Crippen LogP contribution in [-0.2, 0) is 11.3 Å². The van der Waals surface area contributed by atoms with Crippen LogP contribution in [0.2, 0.25) is 0 Å². The lowest BCUT2D eigenvalue weighted by Crippen LogP contribution is -2.36. The molecule has 0 aliphatic carbocycles. The Hall–Kier alpha value is -1.88. The van der Waals surface area contributed by atoms with E-state index in [1.807, 2.05) is 17.6 Å². The summed E-state index contributed by atoms with van der Waals surface area (Å²) in [5.74, 6) is 0.663. The third-order valence-electron chi connectivity index (χ3n) is 3.83. The van der Waals surface area contributed by atoms with Crippen LogP contribution in [0, 0.1) is 6.92 Å². The Morgan fingerprint density at radius 2 is 2.40 bits per heavy atom. The minimum atomic E-state index is -0.0816. The second kappa shape index (κ2) is 5.25. The van der Waals surface area contributed by atoms with Crippen molar-refractivity contribution in [2.45, 2.75) is 39.3 Å². The van der Waals surface area contributed by atoms with Gasteiger partial charge in [0.25, 0.3) is 0 Å². The number of carbonyl (C=O) groups excluding carboxylic acids is 1. The smallest absolute Gasteiger partial charge is 0.243 e. The van der Waals surface area contributed by atoms with Gasteiger partial charge in [-0.25, -0.2) is 4.98 Å². The van der Waals surface area contributed by atoms with E-state index in [0.29, 0.717) is 5.95 Å². The molecule has 0 radical (unpaired) electrons. The third-order valence-corrected chi connectivity index (χ3v) is 3.83. The van der Waals surface area contributed by atoms with Gasteiger partial charge in [-0.15, -0.1) is 0 Å². The van der Waals surface area contributed by atoms with Crippen molar-refractivity contribution in [3.05, 3.63) is 23.8 Å². The van der Waals surface area contributed by atoms with Gasteiger partial charge in [0.2, 0.25) is 11.9 Å². The highest BCUT2D eigenvalue weighted by Crippen LogP contribution is 2.21. The maximum Gasteiger partial charge on any atom is 0.243 e. The molecule has 1 aliphatic heterocycles. The number of hydrogen-bond acceptors (Lipinski definition) is 3. The number of imidazole rings is 1. The van der Waals surface area contributed by atoms with E-state index in [1.54, 1.807) is 0 Å². The Labute approximate surface area is 118 Å². The number of aryl methyl sites for hydroxylation is 2. The molecule has 5 heteroatoms. The molecule has 0 unspecified atom stereocenters. The number of anilines is 1. The summed E-state index contributed by atoms with van der Waals surface area (Å²) >= 11 is 0. The van der Waals surface area contributed by atoms with Crippen molar-refractivity contribution < 1.29 is 4.79 Å². The van der Waals surface area contributed by atoms with Gasteiger partial charge in [0.1, 0.15) is 0 Å². The molecule has 1 aromatic heterocycles. The molecule has 1 atom stereocenters. The first-order valence-electron chi connectivity index (χ1n) is 7.20. The molecule has 1 amide bonds. The number of amides is 1. The molecule has 2 heterocycles. The van der Waals surface area contributed by atoms with Crippen LogP contribution >= 0.6 is 0 Å². The van der Waals surface area contributed by atoms with Gasteiger partial charge in [0, 0.05) is 6.54 Å². The van der Waals surface area contributed by atoms with Gasteiger partial charge in [-0.3, -0.25) is 10.1 Å². The van der Waals surface area contributed by atoms with Crippen LogP contribution in [0.1, 0.15) is 25.3 Å². The molecule has 106 valence electrons. The van der Waals surface area contributed by atoms with Gasteiger partial charge in [-0.1, -0.05) is 6.07 Å². The highest BCUT2D eigenvalue weighted by Gasteiger charge is 2.23. The molecule has 1 aliphatic rings. The molecule has 1 saturated heterocycles. The monoisotopic (exact) mass is 272 g/mol. The summed E-state index contributed by atoms with van der Waals surface area (Å²) in [5, 5.41) is 6.17. The first-order chi connectivity index (χ1) is 9.69.